The van der Waals surface area contributed by atoms with Gasteiger partial charge in [-0.25, -0.2) is 0 Å². The van der Waals surface area contributed by atoms with Crippen LogP contribution in [0.1, 0.15) is 11.1 Å². The maximum absolute atomic E-state index is 11.6. The standard InChI is InChI=1S/C20H16O3/c21-15-20(22,16-8-3-1-4-9-16)17-10-7-13-19(14-17)23-18-11-5-2-6-12-18/h1-15,22H. The molecule has 0 saturated carbocycles. The van der Waals surface area contributed by atoms with Crippen LogP contribution in [0.4, 0.5) is 0 Å². The molecule has 114 valence electrons. The van der Waals surface area contributed by atoms with Crippen LogP contribution >= 0.6 is 0 Å². The van der Waals surface area contributed by atoms with Gasteiger partial charge in [0.15, 0.2) is 11.9 Å². The summed E-state index contributed by atoms with van der Waals surface area (Å²) in [6, 6.07) is 25.1. The second-order valence-electron chi connectivity index (χ2n) is 5.19. The summed E-state index contributed by atoms with van der Waals surface area (Å²) in [4.78, 5) is 11.6. The largest absolute Gasteiger partial charge is 0.457 e. The SMILES string of the molecule is O=CC(O)(c1ccccc1)c1cccc(Oc2ccccc2)c1. The Hall–Kier alpha value is -2.91. The predicted octanol–water partition coefficient (Wildman–Crippen LogP) is 3.91. The number of aliphatic hydroxyl groups is 1. The summed E-state index contributed by atoms with van der Waals surface area (Å²) in [5.41, 5.74) is -0.712. The minimum Gasteiger partial charge on any atom is -0.457 e. The van der Waals surface area contributed by atoms with Crippen molar-refractivity contribution in [3.63, 3.8) is 0 Å². The Morgan fingerprint density at radius 1 is 0.739 bits per heavy atom. The van der Waals surface area contributed by atoms with Gasteiger partial charge in [0.2, 0.25) is 0 Å². The fourth-order valence-corrected chi connectivity index (χ4v) is 2.42. The van der Waals surface area contributed by atoms with Crippen molar-refractivity contribution >= 4 is 6.29 Å². The van der Waals surface area contributed by atoms with Gasteiger partial charge in [-0.15, -0.1) is 0 Å². The summed E-state index contributed by atoms with van der Waals surface area (Å²) in [6.45, 7) is 0. The Morgan fingerprint density at radius 3 is 1.96 bits per heavy atom. The van der Waals surface area contributed by atoms with Gasteiger partial charge in [0, 0.05) is 0 Å². The van der Waals surface area contributed by atoms with Crippen LogP contribution in [0.3, 0.4) is 0 Å². The first-order valence-corrected chi connectivity index (χ1v) is 7.30. The summed E-state index contributed by atoms with van der Waals surface area (Å²) in [5, 5.41) is 10.8. The lowest BCUT2D eigenvalue weighted by molar-refractivity contribution is -0.121. The topological polar surface area (TPSA) is 46.5 Å². The highest BCUT2D eigenvalue weighted by Gasteiger charge is 2.31. The van der Waals surface area contributed by atoms with Crippen molar-refractivity contribution < 1.29 is 14.6 Å². The molecule has 0 aliphatic carbocycles. The smallest absolute Gasteiger partial charge is 0.170 e. The minimum atomic E-state index is -1.70. The number of rotatable bonds is 5. The fraction of sp³-hybridized carbons (Fsp3) is 0.0500. The number of para-hydroxylation sites is 1. The zero-order valence-corrected chi connectivity index (χ0v) is 12.4. The van der Waals surface area contributed by atoms with Crippen LogP contribution in [-0.2, 0) is 10.4 Å². The van der Waals surface area contributed by atoms with Crippen molar-refractivity contribution in [3.05, 3.63) is 96.1 Å². The van der Waals surface area contributed by atoms with Crippen molar-refractivity contribution in [2.24, 2.45) is 0 Å². The third-order valence-corrected chi connectivity index (χ3v) is 3.64. The molecule has 0 saturated heterocycles. The molecule has 3 aromatic carbocycles. The zero-order valence-electron chi connectivity index (χ0n) is 12.4. The van der Waals surface area contributed by atoms with E-state index in [0.717, 1.165) is 0 Å². The summed E-state index contributed by atoms with van der Waals surface area (Å²) >= 11 is 0. The van der Waals surface area contributed by atoms with E-state index >= 15 is 0 Å². The summed E-state index contributed by atoms with van der Waals surface area (Å²) in [6.07, 6.45) is 0.546. The van der Waals surface area contributed by atoms with Crippen molar-refractivity contribution in [1.82, 2.24) is 0 Å². The molecule has 3 nitrogen and oxygen atoms in total. The first-order chi connectivity index (χ1) is 11.2. The Bertz CT molecular complexity index is 784. The van der Waals surface area contributed by atoms with Crippen LogP contribution in [0, 0.1) is 0 Å². The lowest BCUT2D eigenvalue weighted by Crippen LogP contribution is -2.28. The molecule has 0 radical (unpaired) electrons. The normalized spacial score (nSPS) is 13.1. The van der Waals surface area contributed by atoms with Gasteiger partial charge in [0.05, 0.1) is 0 Å². The van der Waals surface area contributed by atoms with Crippen LogP contribution in [-0.4, -0.2) is 11.4 Å². The third-order valence-electron chi connectivity index (χ3n) is 3.64. The van der Waals surface area contributed by atoms with Gasteiger partial charge >= 0.3 is 0 Å². The van der Waals surface area contributed by atoms with E-state index in [-0.39, 0.29) is 0 Å². The van der Waals surface area contributed by atoms with Crippen molar-refractivity contribution in [2.75, 3.05) is 0 Å². The van der Waals surface area contributed by atoms with Crippen LogP contribution in [0.5, 0.6) is 11.5 Å². The van der Waals surface area contributed by atoms with Gasteiger partial charge < -0.3 is 9.84 Å². The number of aldehydes is 1. The minimum absolute atomic E-state index is 0.465. The van der Waals surface area contributed by atoms with Crippen molar-refractivity contribution in [3.8, 4) is 11.5 Å². The quantitative estimate of drug-likeness (QED) is 0.727. The van der Waals surface area contributed by atoms with Gasteiger partial charge in [-0.3, -0.25) is 4.79 Å². The van der Waals surface area contributed by atoms with Crippen LogP contribution in [0.15, 0.2) is 84.9 Å². The lowest BCUT2D eigenvalue weighted by Gasteiger charge is -2.23. The average Bonchev–Trinajstić information content (AvgIpc) is 2.63. The molecular weight excluding hydrogens is 288 g/mol. The van der Waals surface area contributed by atoms with E-state index in [1.165, 1.54) is 0 Å². The van der Waals surface area contributed by atoms with Gasteiger partial charge in [-0.2, -0.15) is 0 Å². The zero-order chi connectivity index (χ0) is 16.1. The molecule has 23 heavy (non-hydrogen) atoms. The van der Waals surface area contributed by atoms with Gasteiger partial charge in [0.1, 0.15) is 11.5 Å². The molecule has 0 spiro atoms. The van der Waals surface area contributed by atoms with E-state index < -0.39 is 5.60 Å². The molecule has 1 N–H and O–H groups in total. The highest BCUT2D eigenvalue weighted by atomic mass is 16.5. The van der Waals surface area contributed by atoms with E-state index in [1.807, 2.05) is 36.4 Å². The number of hydrogen-bond donors (Lipinski definition) is 1. The molecule has 0 fully saturated rings. The maximum Gasteiger partial charge on any atom is 0.170 e. The molecule has 0 heterocycles. The second kappa shape index (κ2) is 6.46. The predicted molar refractivity (Wildman–Crippen MR) is 88.5 cm³/mol. The average molecular weight is 304 g/mol. The van der Waals surface area contributed by atoms with E-state index in [9.17, 15) is 9.90 Å². The van der Waals surface area contributed by atoms with Crippen LogP contribution < -0.4 is 4.74 Å². The number of hydrogen-bond acceptors (Lipinski definition) is 3. The lowest BCUT2D eigenvalue weighted by atomic mass is 9.88. The molecule has 3 heteroatoms. The van der Waals surface area contributed by atoms with E-state index in [1.54, 1.807) is 48.5 Å². The van der Waals surface area contributed by atoms with Crippen LogP contribution in [0.25, 0.3) is 0 Å². The van der Waals surface area contributed by atoms with E-state index in [4.69, 9.17) is 4.74 Å². The first kappa shape index (κ1) is 15.0. The summed E-state index contributed by atoms with van der Waals surface area (Å²) < 4.78 is 5.77. The molecule has 1 atom stereocenters. The Balaban J connectivity index is 1.96. The summed E-state index contributed by atoms with van der Waals surface area (Å²) in [5.74, 6) is 1.25. The Morgan fingerprint density at radius 2 is 1.30 bits per heavy atom. The Kier molecular flexibility index (Phi) is 4.22. The number of ether oxygens (including phenoxy) is 1. The van der Waals surface area contributed by atoms with E-state index in [2.05, 4.69) is 0 Å². The number of carbonyl (C=O) groups is 1. The number of benzene rings is 3. The molecular formula is C20H16O3. The molecule has 0 aliphatic heterocycles. The van der Waals surface area contributed by atoms with Crippen LogP contribution in [0.2, 0.25) is 0 Å². The van der Waals surface area contributed by atoms with E-state index in [0.29, 0.717) is 28.9 Å². The monoisotopic (exact) mass is 304 g/mol. The van der Waals surface area contributed by atoms with Gasteiger partial charge in [-0.05, 0) is 35.4 Å². The molecule has 1 unspecified atom stereocenters. The molecule has 0 bridgehead atoms. The second-order valence-corrected chi connectivity index (χ2v) is 5.19. The molecule has 0 aliphatic rings. The van der Waals surface area contributed by atoms with Gasteiger partial charge in [-0.1, -0.05) is 60.7 Å². The molecule has 3 aromatic rings. The highest BCUT2D eigenvalue weighted by molar-refractivity contribution is 5.72. The van der Waals surface area contributed by atoms with Crippen molar-refractivity contribution in [1.29, 1.82) is 0 Å². The summed E-state index contributed by atoms with van der Waals surface area (Å²) in [7, 11) is 0. The molecule has 0 aromatic heterocycles. The third kappa shape index (κ3) is 3.15. The Labute approximate surface area is 134 Å². The maximum atomic E-state index is 11.6. The van der Waals surface area contributed by atoms with Gasteiger partial charge in [0.25, 0.3) is 0 Å². The first-order valence-electron chi connectivity index (χ1n) is 7.30. The fourth-order valence-electron chi connectivity index (χ4n) is 2.42. The number of carbonyl (C=O) groups excluding carboxylic acids is 1. The molecule has 3 rings (SSSR count). The molecule has 0 amide bonds. The highest BCUT2D eigenvalue weighted by Crippen LogP contribution is 2.31. The van der Waals surface area contributed by atoms with Crippen molar-refractivity contribution in [2.45, 2.75) is 5.60 Å².